The fourth-order valence-corrected chi connectivity index (χ4v) is 4.05. The summed E-state index contributed by atoms with van der Waals surface area (Å²) in [6.45, 7) is 13.1. The number of rotatable bonds is 6. The molecule has 2 aromatic rings. The van der Waals surface area contributed by atoms with Gasteiger partial charge in [0.25, 0.3) is 0 Å². The number of nitrogens with one attached hydrogen (secondary N) is 1. The lowest BCUT2D eigenvalue weighted by atomic mass is 9.91. The zero-order valence-electron chi connectivity index (χ0n) is 16.9. The number of morpholine rings is 1. The number of para-hydroxylation sites is 1. The predicted molar refractivity (Wildman–Crippen MR) is 111 cm³/mol. The third kappa shape index (κ3) is 4.57. The average Bonchev–Trinajstić information content (AvgIpc) is 2.63. The zero-order chi connectivity index (χ0) is 19.4. The summed E-state index contributed by atoms with van der Waals surface area (Å²) in [4.78, 5) is 14.5. The molecule has 1 N–H and O–H groups in total. The van der Waals surface area contributed by atoms with Crippen LogP contribution in [0.3, 0.4) is 0 Å². The van der Waals surface area contributed by atoms with E-state index in [0.717, 1.165) is 61.8 Å². The van der Waals surface area contributed by atoms with E-state index in [0.29, 0.717) is 0 Å². The topological polar surface area (TPSA) is 41.6 Å². The average molecular weight is 367 g/mol. The van der Waals surface area contributed by atoms with Gasteiger partial charge in [-0.2, -0.15) is 0 Å². The highest BCUT2D eigenvalue weighted by Gasteiger charge is 2.16. The molecular weight excluding hydrogens is 336 g/mol. The van der Waals surface area contributed by atoms with Crippen LogP contribution >= 0.6 is 0 Å². The maximum atomic E-state index is 12.1. The second kappa shape index (κ2) is 8.68. The van der Waals surface area contributed by atoms with Crippen LogP contribution in [0.4, 0.5) is 5.69 Å². The predicted octanol–water partition coefficient (Wildman–Crippen LogP) is 4.26. The van der Waals surface area contributed by atoms with Crippen molar-refractivity contribution in [2.45, 2.75) is 40.8 Å². The molecular formula is C23H30N2O2. The van der Waals surface area contributed by atoms with E-state index in [1.54, 1.807) is 6.92 Å². The Kier molecular flexibility index (Phi) is 6.30. The minimum Gasteiger partial charge on any atom is -0.381 e. The molecule has 0 bridgehead atoms. The fourth-order valence-electron chi connectivity index (χ4n) is 4.05. The Morgan fingerprint density at radius 3 is 2.52 bits per heavy atom. The number of ether oxygens (including phenoxy) is 1. The van der Waals surface area contributed by atoms with E-state index >= 15 is 0 Å². The number of Topliss-reactive ketones (excluding diaryl/α,β-unsaturated/α-hetero) is 1. The second-order valence-electron chi connectivity index (χ2n) is 7.44. The largest absolute Gasteiger partial charge is 0.381 e. The first-order chi connectivity index (χ1) is 13.0. The molecule has 0 aliphatic carbocycles. The van der Waals surface area contributed by atoms with Gasteiger partial charge in [0, 0.05) is 37.4 Å². The lowest BCUT2D eigenvalue weighted by molar-refractivity contribution is 0.0342. The van der Waals surface area contributed by atoms with E-state index in [1.807, 2.05) is 6.92 Å². The molecule has 0 radical (unpaired) electrons. The molecule has 1 heterocycles. The number of benzene rings is 2. The van der Waals surface area contributed by atoms with Gasteiger partial charge in [-0.3, -0.25) is 9.69 Å². The van der Waals surface area contributed by atoms with Crippen LogP contribution in [-0.4, -0.2) is 37.0 Å². The van der Waals surface area contributed by atoms with Crippen LogP contribution in [-0.2, 0) is 17.8 Å². The molecule has 4 nitrogen and oxygen atoms in total. The highest BCUT2D eigenvalue weighted by molar-refractivity contribution is 5.97. The third-order valence-electron chi connectivity index (χ3n) is 5.45. The van der Waals surface area contributed by atoms with Gasteiger partial charge in [-0.05, 0) is 61.6 Å². The van der Waals surface area contributed by atoms with Crippen LogP contribution in [0.25, 0.3) is 0 Å². The first-order valence-corrected chi connectivity index (χ1v) is 9.70. The molecule has 0 saturated carbocycles. The van der Waals surface area contributed by atoms with Gasteiger partial charge in [0.1, 0.15) is 0 Å². The zero-order valence-corrected chi connectivity index (χ0v) is 16.9. The summed E-state index contributed by atoms with van der Waals surface area (Å²) in [7, 11) is 0. The second-order valence-corrected chi connectivity index (χ2v) is 7.44. The van der Waals surface area contributed by atoms with Crippen LogP contribution < -0.4 is 5.32 Å². The lowest BCUT2D eigenvalue weighted by Crippen LogP contribution is -2.35. The van der Waals surface area contributed by atoms with Crippen molar-refractivity contribution < 1.29 is 9.53 Å². The minimum absolute atomic E-state index is 0.138. The molecule has 1 fully saturated rings. The van der Waals surface area contributed by atoms with E-state index in [-0.39, 0.29) is 5.78 Å². The SMILES string of the molecule is CC(=O)c1c(C)cc(C)c(CNc2ccccc2CN2CCOCC2)c1C. The van der Waals surface area contributed by atoms with E-state index in [2.05, 4.69) is 54.4 Å². The number of ketones is 1. The van der Waals surface area contributed by atoms with Crippen molar-refractivity contribution in [3.05, 3.63) is 63.7 Å². The van der Waals surface area contributed by atoms with Gasteiger partial charge < -0.3 is 10.1 Å². The van der Waals surface area contributed by atoms with Crippen LogP contribution in [0, 0.1) is 20.8 Å². The Morgan fingerprint density at radius 1 is 1.11 bits per heavy atom. The van der Waals surface area contributed by atoms with Crippen molar-refractivity contribution in [1.29, 1.82) is 0 Å². The monoisotopic (exact) mass is 366 g/mol. The van der Waals surface area contributed by atoms with Crippen molar-refractivity contribution in [2.75, 3.05) is 31.6 Å². The standard InChI is InChI=1S/C23H30N2O2/c1-16-13-17(2)23(19(4)26)18(3)21(16)14-24-22-8-6-5-7-20(22)15-25-9-11-27-12-10-25/h5-8,13,24H,9-12,14-15H2,1-4H3. The van der Waals surface area contributed by atoms with Crippen LogP contribution in [0.15, 0.2) is 30.3 Å². The van der Waals surface area contributed by atoms with Gasteiger partial charge in [0.05, 0.1) is 13.2 Å². The molecule has 2 aromatic carbocycles. The third-order valence-corrected chi connectivity index (χ3v) is 5.45. The molecule has 1 aliphatic heterocycles. The first kappa shape index (κ1) is 19.6. The smallest absolute Gasteiger partial charge is 0.160 e. The summed E-state index contributed by atoms with van der Waals surface area (Å²) in [5, 5.41) is 3.62. The maximum Gasteiger partial charge on any atom is 0.160 e. The molecule has 0 aromatic heterocycles. The van der Waals surface area contributed by atoms with Crippen molar-refractivity contribution in [2.24, 2.45) is 0 Å². The van der Waals surface area contributed by atoms with Gasteiger partial charge in [0.2, 0.25) is 0 Å². The van der Waals surface area contributed by atoms with E-state index in [9.17, 15) is 4.79 Å². The Balaban J connectivity index is 1.79. The summed E-state index contributed by atoms with van der Waals surface area (Å²) in [6.07, 6.45) is 0. The molecule has 1 saturated heterocycles. The summed E-state index contributed by atoms with van der Waals surface area (Å²) in [5.74, 6) is 0.138. The molecule has 3 rings (SSSR count). The van der Waals surface area contributed by atoms with Crippen molar-refractivity contribution in [3.8, 4) is 0 Å². The van der Waals surface area contributed by atoms with Crippen LogP contribution in [0.1, 0.15) is 45.1 Å². The number of aryl methyl sites for hydroxylation is 2. The Labute approximate surface area is 162 Å². The molecule has 0 spiro atoms. The fraction of sp³-hybridized carbons (Fsp3) is 0.435. The van der Waals surface area contributed by atoms with Gasteiger partial charge in [0.15, 0.2) is 5.78 Å². The number of anilines is 1. The summed E-state index contributed by atoms with van der Waals surface area (Å²) >= 11 is 0. The number of nitrogens with zero attached hydrogens (tertiary/aromatic N) is 1. The Hall–Kier alpha value is -2.17. The molecule has 27 heavy (non-hydrogen) atoms. The normalized spacial score (nSPS) is 15.0. The highest BCUT2D eigenvalue weighted by atomic mass is 16.5. The number of hydrogen-bond donors (Lipinski definition) is 1. The molecule has 144 valence electrons. The molecule has 4 heteroatoms. The van der Waals surface area contributed by atoms with Crippen molar-refractivity contribution in [1.82, 2.24) is 4.90 Å². The van der Waals surface area contributed by atoms with E-state index < -0.39 is 0 Å². The minimum atomic E-state index is 0.138. The first-order valence-electron chi connectivity index (χ1n) is 9.70. The van der Waals surface area contributed by atoms with E-state index in [1.165, 1.54) is 16.7 Å². The summed E-state index contributed by atoms with van der Waals surface area (Å²) < 4.78 is 5.45. The Morgan fingerprint density at radius 2 is 1.81 bits per heavy atom. The van der Waals surface area contributed by atoms with Gasteiger partial charge in [-0.1, -0.05) is 24.3 Å². The number of hydrogen-bond acceptors (Lipinski definition) is 4. The number of carbonyl (C=O) groups excluding carboxylic acids is 1. The van der Waals surface area contributed by atoms with Gasteiger partial charge in [-0.25, -0.2) is 0 Å². The lowest BCUT2D eigenvalue weighted by Gasteiger charge is -2.27. The van der Waals surface area contributed by atoms with Crippen molar-refractivity contribution in [3.63, 3.8) is 0 Å². The molecule has 1 aliphatic rings. The summed E-state index contributed by atoms with van der Waals surface area (Å²) in [5.41, 5.74) is 7.92. The van der Waals surface area contributed by atoms with E-state index in [4.69, 9.17) is 4.74 Å². The maximum absolute atomic E-state index is 12.1. The van der Waals surface area contributed by atoms with Crippen LogP contribution in [0.5, 0.6) is 0 Å². The quantitative estimate of drug-likeness (QED) is 0.776. The van der Waals surface area contributed by atoms with Crippen molar-refractivity contribution >= 4 is 11.5 Å². The molecule has 0 unspecified atom stereocenters. The highest BCUT2D eigenvalue weighted by Crippen LogP contribution is 2.25. The molecule has 0 atom stereocenters. The van der Waals surface area contributed by atoms with Gasteiger partial charge >= 0.3 is 0 Å². The number of carbonyl (C=O) groups is 1. The Bertz CT molecular complexity index is 823. The van der Waals surface area contributed by atoms with Crippen LogP contribution in [0.2, 0.25) is 0 Å². The van der Waals surface area contributed by atoms with Gasteiger partial charge in [-0.15, -0.1) is 0 Å². The molecule has 0 amide bonds. The summed E-state index contributed by atoms with van der Waals surface area (Å²) in [6, 6.07) is 10.6.